The molecule has 0 bridgehead atoms. The summed E-state index contributed by atoms with van der Waals surface area (Å²) in [5, 5.41) is 18.7. The monoisotopic (exact) mass is 238 g/mol. The summed E-state index contributed by atoms with van der Waals surface area (Å²) in [5.41, 5.74) is 0. The van der Waals surface area contributed by atoms with Gasteiger partial charge in [0.15, 0.2) is 0 Å². The summed E-state index contributed by atoms with van der Waals surface area (Å²) in [5.74, 6) is 0. The van der Waals surface area contributed by atoms with E-state index in [0.717, 1.165) is 15.8 Å². The van der Waals surface area contributed by atoms with Crippen molar-refractivity contribution in [1.29, 1.82) is 0 Å². The van der Waals surface area contributed by atoms with Crippen molar-refractivity contribution >= 4 is 27.7 Å². The van der Waals surface area contributed by atoms with Gasteiger partial charge < -0.3 is 10.2 Å². The maximum Gasteiger partial charge on any atom is 0.111 e. The quantitative estimate of drug-likeness (QED) is 0.728. The number of aliphatic hydroxyl groups is 2. The zero-order chi connectivity index (χ0) is 8.43. The molecule has 0 unspecified atom stereocenters. The molecule has 64 valence electrons. The Morgan fingerprint density at radius 3 is 2.64 bits per heavy atom. The Bertz CT molecular complexity index is 181. The van der Waals surface area contributed by atoms with Gasteiger partial charge in [0.25, 0.3) is 0 Å². The summed E-state index contributed by atoms with van der Waals surface area (Å²) >= 11 is 4.86. The van der Waals surface area contributed by atoms with Crippen LogP contribution in [0.25, 0.3) is 0 Å². The fourth-order valence-corrected chi connectivity index (χ4v) is 2.79. The van der Waals surface area contributed by atoms with Gasteiger partial charge in [0.1, 0.15) is 6.10 Å². The van der Waals surface area contributed by atoms with Crippen molar-refractivity contribution in [3.63, 3.8) is 0 Å². The van der Waals surface area contributed by atoms with E-state index in [1.807, 2.05) is 6.26 Å². The van der Waals surface area contributed by atoms with E-state index in [-0.39, 0.29) is 0 Å². The second-order valence-corrected chi connectivity index (χ2v) is 4.33. The van der Waals surface area contributed by atoms with Gasteiger partial charge in [-0.1, -0.05) is 15.9 Å². The Labute approximate surface area is 78.8 Å². The smallest absolute Gasteiger partial charge is 0.111 e. The summed E-state index contributed by atoms with van der Waals surface area (Å²) < 4.78 is 1.03. The predicted octanol–water partition coefficient (Wildman–Crippen LogP) is 1.47. The number of allylic oxidation sites excluding steroid dienone is 1. The lowest BCUT2D eigenvalue weighted by atomic mass is 10.0. The lowest BCUT2D eigenvalue weighted by Gasteiger charge is -2.25. The lowest BCUT2D eigenvalue weighted by molar-refractivity contribution is 0.0362. The number of halogens is 1. The first-order chi connectivity index (χ1) is 5.16. The van der Waals surface area contributed by atoms with Gasteiger partial charge in [-0.15, -0.1) is 11.8 Å². The molecule has 1 aliphatic rings. The molecule has 0 radical (unpaired) electrons. The zero-order valence-corrected chi connectivity index (χ0v) is 8.65. The van der Waals surface area contributed by atoms with Crippen molar-refractivity contribution in [2.24, 2.45) is 0 Å². The van der Waals surface area contributed by atoms with Gasteiger partial charge in [0, 0.05) is 9.39 Å². The third-order valence-corrected chi connectivity index (χ3v) is 3.79. The second-order valence-electron chi connectivity index (χ2n) is 2.52. The van der Waals surface area contributed by atoms with Gasteiger partial charge >= 0.3 is 0 Å². The highest BCUT2D eigenvalue weighted by molar-refractivity contribution is 9.11. The van der Waals surface area contributed by atoms with Crippen LogP contribution in [0.4, 0.5) is 0 Å². The minimum absolute atomic E-state index is 0.584. The maximum absolute atomic E-state index is 9.45. The Balaban J connectivity index is 2.80. The van der Waals surface area contributed by atoms with E-state index in [9.17, 15) is 10.2 Å². The van der Waals surface area contributed by atoms with E-state index in [1.54, 1.807) is 0 Å². The van der Waals surface area contributed by atoms with Crippen molar-refractivity contribution in [2.45, 2.75) is 25.0 Å². The molecular formula is C7H11BrO2S. The van der Waals surface area contributed by atoms with E-state index in [0.29, 0.717) is 6.42 Å². The molecule has 2 nitrogen and oxygen atoms in total. The summed E-state index contributed by atoms with van der Waals surface area (Å²) in [7, 11) is 0. The summed E-state index contributed by atoms with van der Waals surface area (Å²) in [6.07, 6.45) is 2.10. The van der Waals surface area contributed by atoms with Gasteiger partial charge in [0.2, 0.25) is 0 Å². The average Bonchev–Trinajstić information content (AvgIpc) is 1.99. The topological polar surface area (TPSA) is 40.5 Å². The Morgan fingerprint density at radius 1 is 1.55 bits per heavy atom. The minimum Gasteiger partial charge on any atom is -0.390 e. The highest BCUT2D eigenvalue weighted by Crippen LogP contribution is 2.34. The second kappa shape index (κ2) is 3.94. The largest absolute Gasteiger partial charge is 0.390 e. The van der Waals surface area contributed by atoms with Crippen molar-refractivity contribution < 1.29 is 10.2 Å². The third kappa shape index (κ3) is 1.99. The van der Waals surface area contributed by atoms with Gasteiger partial charge in [-0.05, 0) is 19.1 Å². The van der Waals surface area contributed by atoms with E-state index >= 15 is 0 Å². The van der Waals surface area contributed by atoms with Gasteiger partial charge in [-0.25, -0.2) is 0 Å². The van der Waals surface area contributed by atoms with Crippen LogP contribution in [0, 0.1) is 0 Å². The highest BCUT2D eigenvalue weighted by Gasteiger charge is 2.26. The van der Waals surface area contributed by atoms with E-state index in [1.165, 1.54) is 11.8 Å². The summed E-state index contributed by atoms with van der Waals surface area (Å²) in [6.45, 7) is 0. The highest BCUT2D eigenvalue weighted by atomic mass is 79.9. The molecule has 11 heavy (non-hydrogen) atoms. The Hall–Kier alpha value is 0.490. The molecule has 0 aromatic heterocycles. The molecule has 0 saturated heterocycles. The van der Waals surface area contributed by atoms with Crippen molar-refractivity contribution in [3.05, 3.63) is 9.39 Å². The molecule has 0 fully saturated rings. The number of hydrogen-bond donors (Lipinski definition) is 2. The van der Waals surface area contributed by atoms with Crippen LogP contribution in [-0.2, 0) is 0 Å². The van der Waals surface area contributed by atoms with Crippen molar-refractivity contribution in [1.82, 2.24) is 0 Å². The maximum atomic E-state index is 9.45. The van der Waals surface area contributed by atoms with Crippen LogP contribution in [0.15, 0.2) is 9.39 Å². The van der Waals surface area contributed by atoms with Gasteiger partial charge in [-0.3, -0.25) is 0 Å². The molecule has 0 aliphatic heterocycles. The molecule has 0 aromatic carbocycles. The Morgan fingerprint density at radius 2 is 2.18 bits per heavy atom. The standard InChI is InChI=1S/C7H11BrO2S/c1-11-7-4(8)2-3-5(9)6(7)10/h5-6,9-10H,2-3H2,1H3/t5-,6-/m0/s1. The van der Waals surface area contributed by atoms with E-state index in [2.05, 4.69) is 15.9 Å². The molecular weight excluding hydrogens is 228 g/mol. The first-order valence-corrected chi connectivity index (χ1v) is 5.47. The third-order valence-electron chi connectivity index (χ3n) is 1.78. The molecule has 0 saturated carbocycles. The van der Waals surface area contributed by atoms with Gasteiger partial charge in [-0.2, -0.15) is 0 Å². The molecule has 1 rings (SSSR count). The van der Waals surface area contributed by atoms with Crippen molar-refractivity contribution in [2.75, 3.05) is 6.26 Å². The fourth-order valence-electron chi connectivity index (χ4n) is 1.12. The van der Waals surface area contributed by atoms with Crippen LogP contribution in [0.1, 0.15) is 12.8 Å². The number of rotatable bonds is 1. The Kier molecular flexibility index (Phi) is 3.43. The van der Waals surface area contributed by atoms with Crippen molar-refractivity contribution in [3.8, 4) is 0 Å². The van der Waals surface area contributed by atoms with Crippen LogP contribution < -0.4 is 0 Å². The van der Waals surface area contributed by atoms with E-state index < -0.39 is 12.2 Å². The zero-order valence-electron chi connectivity index (χ0n) is 6.25. The molecule has 0 heterocycles. The SMILES string of the molecule is CSC1=C(Br)CC[C@H](O)[C@@H]1O. The lowest BCUT2D eigenvalue weighted by Crippen LogP contribution is -2.30. The predicted molar refractivity (Wildman–Crippen MR) is 50.7 cm³/mol. The van der Waals surface area contributed by atoms with Gasteiger partial charge in [0.05, 0.1) is 6.10 Å². The summed E-state index contributed by atoms with van der Waals surface area (Å²) in [4.78, 5) is 0.865. The van der Waals surface area contributed by atoms with E-state index in [4.69, 9.17) is 0 Å². The molecule has 4 heteroatoms. The number of thioether (sulfide) groups is 1. The first kappa shape index (κ1) is 9.58. The molecule has 2 atom stereocenters. The average molecular weight is 239 g/mol. The normalized spacial score (nSPS) is 32.7. The molecule has 0 aromatic rings. The molecule has 0 amide bonds. The summed E-state index contributed by atoms with van der Waals surface area (Å²) in [6, 6.07) is 0. The van der Waals surface area contributed by atoms with Crippen LogP contribution >= 0.6 is 27.7 Å². The van der Waals surface area contributed by atoms with Crippen LogP contribution in [0.5, 0.6) is 0 Å². The number of hydrogen-bond acceptors (Lipinski definition) is 3. The fraction of sp³-hybridized carbons (Fsp3) is 0.714. The van der Waals surface area contributed by atoms with Crippen LogP contribution in [0.2, 0.25) is 0 Å². The number of aliphatic hydroxyl groups excluding tert-OH is 2. The first-order valence-electron chi connectivity index (χ1n) is 3.45. The molecule has 2 N–H and O–H groups in total. The van der Waals surface area contributed by atoms with Crippen LogP contribution in [0.3, 0.4) is 0 Å². The molecule has 1 aliphatic carbocycles. The van der Waals surface area contributed by atoms with Crippen LogP contribution in [-0.4, -0.2) is 28.7 Å². The molecule has 0 spiro atoms. The minimum atomic E-state index is -0.687.